The molecule has 0 fully saturated rings. The highest BCUT2D eigenvalue weighted by Gasteiger charge is 2.34. The van der Waals surface area contributed by atoms with Crippen molar-refractivity contribution >= 4 is 75.5 Å². The van der Waals surface area contributed by atoms with Gasteiger partial charge in [-0.1, -0.05) is 40.9 Å². The number of amides is 1. The quantitative estimate of drug-likeness (QED) is 0.307. The van der Waals surface area contributed by atoms with Crippen LogP contribution in [0.1, 0.15) is 18.7 Å². The standard InChI is InChI=1S/C13H16Cl3N3OS2/c1-8(2)17-12(21)19-11(13(14,15)16)18-10(20)6-5-9-4-3-7-22-9/h3-8,11H,1-2H3,(H,18,20)(H2,17,19,21). The van der Waals surface area contributed by atoms with Crippen LogP contribution in [0.4, 0.5) is 0 Å². The van der Waals surface area contributed by atoms with Gasteiger partial charge >= 0.3 is 0 Å². The minimum atomic E-state index is -1.75. The van der Waals surface area contributed by atoms with Crippen LogP contribution >= 0.6 is 58.4 Å². The van der Waals surface area contributed by atoms with Crippen molar-refractivity contribution in [2.24, 2.45) is 0 Å². The maximum absolute atomic E-state index is 11.9. The lowest BCUT2D eigenvalue weighted by Gasteiger charge is -2.27. The van der Waals surface area contributed by atoms with Crippen molar-refractivity contribution in [3.8, 4) is 0 Å². The summed E-state index contributed by atoms with van der Waals surface area (Å²) in [5, 5.41) is 10.5. The number of alkyl halides is 3. The second-order valence-electron chi connectivity index (χ2n) is 4.60. The fraction of sp³-hybridized carbons (Fsp3) is 0.385. The molecular weight excluding hydrogens is 385 g/mol. The van der Waals surface area contributed by atoms with Gasteiger partial charge in [-0.05, 0) is 43.6 Å². The molecule has 0 aliphatic carbocycles. The van der Waals surface area contributed by atoms with Crippen molar-refractivity contribution in [2.45, 2.75) is 29.8 Å². The molecule has 1 rings (SSSR count). The minimum absolute atomic E-state index is 0.116. The van der Waals surface area contributed by atoms with E-state index < -0.39 is 15.9 Å². The second-order valence-corrected chi connectivity index (χ2v) is 8.36. The van der Waals surface area contributed by atoms with Gasteiger partial charge in [0, 0.05) is 17.0 Å². The van der Waals surface area contributed by atoms with Crippen LogP contribution in [-0.4, -0.2) is 27.0 Å². The van der Waals surface area contributed by atoms with Gasteiger partial charge in [-0.2, -0.15) is 0 Å². The normalized spacial score (nSPS) is 13.2. The first-order chi connectivity index (χ1) is 10.2. The summed E-state index contributed by atoms with van der Waals surface area (Å²) in [6.07, 6.45) is 2.09. The Hall–Kier alpha value is -0.530. The molecule has 0 aliphatic rings. The molecule has 0 bridgehead atoms. The fourth-order valence-electron chi connectivity index (χ4n) is 1.37. The van der Waals surface area contributed by atoms with Crippen molar-refractivity contribution < 1.29 is 4.79 Å². The van der Waals surface area contributed by atoms with Crippen molar-refractivity contribution in [1.82, 2.24) is 16.0 Å². The van der Waals surface area contributed by atoms with E-state index in [0.717, 1.165) is 4.88 Å². The van der Waals surface area contributed by atoms with E-state index in [9.17, 15) is 4.79 Å². The third-order valence-corrected chi connectivity index (χ3v) is 3.98. The monoisotopic (exact) mass is 399 g/mol. The Morgan fingerprint density at radius 2 is 2.00 bits per heavy atom. The molecule has 1 atom stereocenters. The van der Waals surface area contributed by atoms with Gasteiger partial charge in [0.05, 0.1) is 0 Å². The molecule has 0 saturated heterocycles. The van der Waals surface area contributed by atoms with Gasteiger partial charge in [-0.3, -0.25) is 4.79 Å². The lowest BCUT2D eigenvalue weighted by Crippen LogP contribution is -2.57. The number of hydrogen-bond donors (Lipinski definition) is 3. The molecule has 0 spiro atoms. The third-order valence-electron chi connectivity index (χ3n) is 2.25. The molecule has 0 aliphatic heterocycles. The minimum Gasteiger partial charge on any atom is -0.361 e. The summed E-state index contributed by atoms with van der Waals surface area (Å²) < 4.78 is -1.75. The number of hydrogen-bond acceptors (Lipinski definition) is 3. The highest BCUT2D eigenvalue weighted by Crippen LogP contribution is 2.29. The molecule has 122 valence electrons. The van der Waals surface area contributed by atoms with E-state index in [0.29, 0.717) is 0 Å². The predicted molar refractivity (Wildman–Crippen MR) is 99.6 cm³/mol. The Kier molecular flexibility index (Phi) is 7.93. The Balaban J connectivity index is 2.65. The molecule has 9 heteroatoms. The molecule has 1 unspecified atom stereocenters. The van der Waals surface area contributed by atoms with Crippen LogP contribution in [0.25, 0.3) is 6.08 Å². The van der Waals surface area contributed by atoms with E-state index in [4.69, 9.17) is 47.0 Å². The van der Waals surface area contributed by atoms with Crippen LogP contribution in [0, 0.1) is 0 Å². The predicted octanol–water partition coefficient (Wildman–Crippen LogP) is 3.45. The highest BCUT2D eigenvalue weighted by atomic mass is 35.6. The van der Waals surface area contributed by atoms with Gasteiger partial charge in [-0.15, -0.1) is 11.3 Å². The number of nitrogens with one attached hydrogen (secondary N) is 3. The molecule has 1 heterocycles. The van der Waals surface area contributed by atoms with Gasteiger partial charge in [0.15, 0.2) is 5.11 Å². The molecule has 22 heavy (non-hydrogen) atoms. The number of rotatable bonds is 5. The van der Waals surface area contributed by atoms with E-state index in [2.05, 4.69) is 16.0 Å². The van der Waals surface area contributed by atoms with Crippen LogP contribution < -0.4 is 16.0 Å². The lowest BCUT2D eigenvalue weighted by molar-refractivity contribution is -0.117. The molecule has 0 saturated carbocycles. The number of halogens is 3. The summed E-state index contributed by atoms with van der Waals surface area (Å²) in [5.74, 6) is -0.399. The molecule has 1 aromatic rings. The Morgan fingerprint density at radius 1 is 1.32 bits per heavy atom. The van der Waals surface area contributed by atoms with Crippen molar-refractivity contribution in [2.75, 3.05) is 0 Å². The Morgan fingerprint density at radius 3 is 2.50 bits per heavy atom. The number of carbonyl (C=O) groups excluding carboxylic acids is 1. The first-order valence-corrected chi connectivity index (χ1v) is 8.76. The molecule has 3 N–H and O–H groups in total. The molecule has 4 nitrogen and oxygen atoms in total. The third kappa shape index (κ3) is 7.65. The number of carbonyl (C=O) groups is 1. The summed E-state index contributed by atoms with van der Waals surface area (Å²) in [4.78, 5) is 12.9. The van der Waals surface area contributed by atoms with Crippen LogP contribution in [0.15, 0.2) is 23.6 Å². The zero-order valence-electron chi connectivity index (χ0n) is 11.9. The SMILES string of the molecule is CC(C)NC(=S)NC(NC(=O)C=Cc1cccs1)C(Cl)(Cl)Cl. The van der Waals surface area contributed by atoms with Crippen LogP contribution in [0.2, 0.25) is 0 Å². The highest BCUT2D eigenvalue weighted by molar-refractivity contribution is 7.80. The van der Waals surface area contributed by atoms with Gasteiger partial charge in [0.25, 0.3) is 0 Å². The molecular formula is C13H16Cl3N3OS2. The largest absolute Gasteiger partial charge is 0.361 e. The maximum atomic E-state index is 11.9. The summed E-state index contributed by atoms with van der Waals surface area (Å²) in [5.41, 5.74) is 0. The smallest absolute Gasteiger partial charge is 0.245 e. The number of thiophene rings is 1. The van der Waals surface area contributed by atoms with E-state index in [-0.39, 0.29) is 11.2 Å². The van der Waals surface area contributed by atoms with Gasteiger partial charge in [0.2, 0.25) is 9.70 Å². The van der Waals surface area contributed by atoms with Crippen LogP contribution in [0.5, 0.6) is 0 Å². The average Bonchev–Trinajstić information content (AvgIpc) is 2.86. The molecule has 0 aromatic carbocycles. The Bertz CT molecular complexity index is 527. The van der Waals surface area contributed by atoms with Crippen LogP contribution in [-0.2, 0) is 4.79 Å². The lowest BCUT2D eigenvalue weighted by atomic mass is 10.4. The first kappa shape index (κ1) is 19.5. The second kappa shape index (κ2) is 8.93. The topological polar surface area (TPSA) is 53.2 Å². The van der Waals surface area contributed by atoms with Crippen molar-refractivity contribution in [3.05, 3.63) is 28.5 Å². The van der Waals surface area contributed by atoms with E-state index in [1.165, 1.54) is 17.4 Å². The summed E-state index contributed by atoms with van der Waals surface area (Å²) in [7, 11) is 0. The number of thiocarbonyl (C=S) groups is 1. The van der Waals surface area contributed by atoms with Gasteiger partial charge in [0.1, 0.15) is 6.17 Å². The van der Waals surface area contributed by atoms with Crippen molar-refractivity contribution in [3.63, 3.8) is 0 Å². The summed E-state index contributed by atoms with van der Waals surface area (Å²) in [6, 6.07) is 3.90. The van der Waals surface area contributed by atoms with Gasteiger partial charge < -0.3 is 16.0 Å². The van der Waals surface area contributed by atoms with Gasteiger partial charge in [-0.25, -0.2) is 0 Å². The molecule has 1 amide bonds. The summed E-state index contributed by atoms with van der Waals surface area (Å²) >= 11 is 24.2. The average molecular weight is 401 g/mol. The zero-order chi connectivity index (χ0) is 16.8. The molecule has 0 radical (unpaired) electrons. The molecule has 1 aromatic heterocycles. The Labute approximate surface area is 154 Å². The summed E-state index contributed by atoms with van der Waals surface area (Å²) in [6.45, 7) is 3.83. The fourth-order valence-corrected chi connectivity index (χ4v) is 2.67. The van der Waals surface area contributed by atoms with E-state index >= 15 is 0 Å². The first-order valence-electron chi connectivity index (χ1n) is 6.34. The van der Waals surface area contributed by atoms with E-state index in [1.807, 2.05) is 31.4 Å². The maximum Gasteiger partial charge on any atom is 0.245 e. The van der Waals surface area contributed by atoms with Crippen molar-refractivity contribution in [1.29, 1.82) is 0 Å². The van der Waals surface area contributed by atoms with E-state index in [1.54, 1.807) is 6.08 Å². The van der Waals surface area contributed by atoms with Crippen LogP contribution in [0.3, 0.4) is 0 Å². The zero-order valence-corrected chi connectivity index (χ0v) is 15.8.